The van der Waals surface area contributed by atoms with E-state index in [1.54, 1.807) is 12.1 Å². The van der Waals surface area contributed by atoms with Crippen molar-refractivity contribution in [3.05, 3.63) is 101 Å². The first kappa shape index (κ1) is 29.2. The quantitative estimate of drug-likeness (QED) is 0.198. The Balaban J connectivity index is 1.36. The number of rotatable bonds is 11. The van der Waals surface area contributed by atoms with Crippen LogP contribution in [0.3, 0.4) is 0 Å². The lowest BCUT2D eigenvalue weighted by Crippen LogP contribution is -2.45. The van der Waals surface area contributed by atoms with Gasteiger partial charge in [-0.3, -0.25) is 4.79 Å². The molecule has 0 bridgehead atoms. The third kappa shape index (κ3) is 7.87. The fourth-order valence-corrected chi connectivity index (χ4v) is 4.94. The molecule has 212 valence electrons. The molecule has 0 radical (unpaired) electrons. The number of unbranched alkanes of at least 4 members (excludes halogenated alkanes) is 4. The van der Waals surface area contributed by atoms with Gasteiger partial charge in [-0.25, -0.2) is 4.79 Å². The lowest BCUT2D eigenvalue weighted by atomic mass is 10.0. The van der Waals surface area contributed by atoms with Gasteiger partial charge in [0.2, 0.25) is 0 Å². The van der Waals surface area contributed by atoms with Gasteiger partial charge >= 0.3 is 12.1 Å². The van der Waals surface area contributed by atoms with Gasteiger partial charge in [-0.2, -0.15) is 18.2 Å². The Kier molecular flexibility index (Phi) is 9.85. The standard InChI is InChI=1S/C32H35F3N2O3/c1-2-3-4-5-6-9-23-12-14-24(15-13-23)22-36-28-18-16-25(17-19-28)30(38)37(40-31(39)32(33,34)35)29-20-26-10-7-8-11-27(26)21-29/h7-8,10-19,29,36H,2-6,9,20-22H2,1H3. The zero-order chi connectivity index (χ0) is 28.5. The second-order valence-electron chi connectivity index (χ2n) is 10.2. The predicted molar refractivity (Wildman–Crippen MR) is 149 cm³/mol. The van der Waals surface area contributed by atoms with Gasteiger partial charge in [0, 0.05) is 17.8 Å². The molecule has 0 atom stereocenters. The van der Waals surface area contributed by atoms with Crippen LogP contribution in [0.2, 0.25) is 0 Å². The average molecular weight is 553 g/mol. The summed E-state index contributed by atoms with van der Waals surface area (Å²) in [5, 5.41) is 3.89. The largest absolute Gasteiger partial charge is 0.493 e. The number of hydrogen-bond donors (Lipinski definition) is 1. The van der Waals surface area contributed by atoms with Crippen molar-refractivity contribution in [2.45, 2.75) is 77.1 Å². The van der Waals surface area contributed by atoms with Crippen molar-refractivity contribution in [1.29, 1.82) is 0 Å². The van der Waals surface area contributed by atoms with E-state index < -0.39 is 24.1 Å². The number of aryl methyl sites for hydroxylation is 1. The Morgan fingerprint density at radius 2 is 1.45 bits per heavy atom. The SMILES string of the molecule is CCCCCCCc1ccc(CNc2ccc(C(=O)N(OC(=O)C(F)(F)F)C3Cc4ccccc4C3)cc2)cc1. The van der Waals surface area contributed by atoms with Crippen LogP contribution >= 0.6 is 0 Å². The molecule has 0 aromatic heterocycles. The van der Waals surface area contributed by atoms with Crippen molar-refractivity contribution < 1.29 is 27.6 Å². The number of nitrogens with one attached hydrogen (secondary N) is 1. The van der Waals surface area contributed by atoms with Gasteiger partial charge in [-0.05, 0) is 72.2 Å². The summed E-state index contributed by atoms with van der Waals surface area (Å²) < 4.78 is 39.0. The molecule has 0 spiro atoms. The first-order chi connectivity index (χ1) is 19.2. The molecule has 4 rings (SSSR count). The van der Waals surface area contributed by atoms with Crippen LogP contribution in [0.25, 0.3) is 0 Å². The van der Waals surface area contributed by atoms with Gasteiger partial charge in [0.1, 0.15) is 0 Å². The average Bonchev–Trinajstić information content (AvgIpc) is 3.38. The number of halogens is 3. The highest BCUT2D eigenvalue weighted by Crippen LogP contribution is 2.28. The molecule has 0 heterocycles. The summed E-state index contributed by atoms with van der Waals surface area (Å²) in [5.41, 5.74) is 5.13. The topological polar surface area (TPSA) is 58.6 Å². The highest BCUT2D eigenvalue weighted by atomic mass is 19.4. The first-order valence-corrected chi connectivity index (χ1v) is 13.9. The molecule has 40 heavy (non-hydrogen) atoms. The number of nitrogens with zero attached hydrogens (tertiary/aromatic N) is 1. The van der Waals surface area contributed by atoms with E-state index >= 15 is 0 Å². The smallest absolute Gasteiger partial charge is 0.381 e. The van der Waals surface area contributed by atoms with E-state index in [4.69, 9.17) is 0 Å². The molecule has 0 saturated carbocycles. The molecule has 5 nitrogen and oxygen atoms in total. The lowest BCUT2D eigenvalue weighted by molar-refractivity contribution is -0.233. The molecule has 1 N–H and O–H groups in total. The summed E-state index contributed by atoms with van der Waals surface area (Å²) in [6, 6.07) is 21.5. The number of hydroxylamine groups is 2. The van der Waals surface area contributed by atoms with E-state index in [1.165, 1.54) is 49.8 Å². The molecule has 8 heteroatoms. The summed E-state index contributed by atoms with van der Waals surface area (Å²) in [5.74, 6) is -3.22. The molecule has 3 aromatic rings. The first-order valence-electron chi connectivity index (χ1n) is 13.9. The van der Waals surface area contributed by atoms with Crippen LogP contribution in [0.4, 0.5) is 18.9 Å². The second-order valence-corrected chi connectivity index (χ2v) is 10.2. The van der Waals surface area contributed by atoms with Crippen LogP contribution < -0.4 is 5.32 Å². The minimum Gasteiger partial charge on any atom is -0.381 e. The molecule has 3 aromatic carbocycles. The fourth-order valence-electron chi connectivity index (χ4n) is 4.94. The van der Waals surface area contributed by atoms with Gasteiger partial charge in [0.05, 0.1) is 6.04 Å². The number of benzene rings is 3. The van der Waals surface area contributed by atoms with Crippen LogP contribution in [0.5, 0.6) is 0 Å². The van der Waals surface area contributed by atoms with E-state index in [1.807, 2.05) is 24.3 Å². The maximum atomic E-state index is 13.3. The summed E-state index contributed by atoms with van der Waals surface area (Å²) >= 11 is 0. The molecule has 1 aliphatic rings. The van der Waals surface area contributed by atoms with E-state index in [0.29, 0.717) is 24.4 Å². The Hall–Kier alpha value is -3.81. The molecule has 1 amide bonds. The zero-order valence-corrected chi connectivity index (χ0v) is 22.7. The number of carbonyl (C=O) groups excluding carboxylic acids is 2. The number of anilines is 1. The lowest BCUT2D eigenvalue weighted by Gasteiger charge is -2.27. The fraction of sp³-hybridized carbons (Fsp3) is 0.375. The van der Waals surface area contributed by atoms with E-state index in [0.717, 1.165) is 28.8 Å². The van der Waals surface area contributed by atoms with E-state index in [9.17, 15) is 22.8 Å². The summed E-state index contributed by atoms with van der Waals surface area (Å²) in [6.07, 6.45) is 2.73. The molecular formula is C32H35F3N2O3. The number of amides is 1. The van der Waals surface area contributed by atoms with E-state index in [2.05, 4.69) is 41.3 Å². The van der Waals surface area contributed by atoms with Crippen molar-refractivity contribution in [3.8, 4) is 0 Å². The number of carbonyl (C=O) groups is 2. The van der Waals surface area contributed by atoms with Gasteiger partial charge in [-0.15, -0.1) is 0 Å². The highest BCUT2D eigenvalue weighted by Gasteiger charge is 2.45. The van der Waals surface area contributed by atoms with Crippen molar-refractivity contribution in [2.75, 3.05) is 5.32 Å². The molecule has 1 aliphatic carbocycles. The zero-order valence-electron chi connectivity index (χ0n) is 22.7. The number of alkyl halides is 3. The summed E-state index contributed by atoms with van der Waals surface area (Å²) in [7, 11) is 0. The van der Waals surface area contributed by atoms with Crippen molar-refractivity contribution in [3.63, 3.8) is 0 Å². The van der Waals surface area contributed by atoms with Crippen molar-refractivity contribution in [2.24, 2.45) is 0 Å². The summed E-state index contributed by atoms with van der Waals surface area (Å²) in [6.45, 7) is 2.80. The van der Waals surface area contributed by atoms with Crippen molar-refractivity contribution in [1.82, 2.24) is 5.06 Å². The van der Waals surface area contributed by atoms with Crippen LogP contribution in [0.15, 0.2) is 72.8 Å². The number of fused-ring (bicyclic) bond motifs is 1. The molecule has 0 unspecified atom stereocenters. The Morgan fingerprint density at radius 1 is 0.850 bits per heavy atom. The third-order valence-electron chi connectivity index (χ3n) is 7.19. The predicted octanol–water partition coefficient (Wildman–Crippen LogP) is 7.44. The highest BCUT2D eigenvalue weighted by molar-refractivity contribution is 5.95. The van der Waals surface area contributed by atoms with Crippen LogP contribution in [0.1, 0.15) is 71.6 Å². The maximum absolute atomic E-state index is 13.3. The summed E-state index contributed by atoms with van der Waals surface area (Å²) in [4.78, 5) is 29.6. The van der Waals surface area contributed by atoms with Gasteiger partial charge in [-0.1, -0.05) is 81.1 Å². The minimum atomic E-state index is -5.22. The molecule has 0 aliphatic heterocycles. The monoisotopic (exact) mass is 552 g/mol. The molecular weight excluding hydrogens is 517 g/mol. The second kappa shape index (κ2) is 13.5. The maximum Gasteiger partial charge on any atom is 0.493 e. The molecule has 0 saturated heterocycles. The Labute approximate surface area is 233 Å². The van der Waals surface area contributed by atoms with E-state index in [-0.39, 0.29) is 5.56 Å². The third-order valence-corrected chi connectivity index (χ3v) is 7.19. The Morgan fingerprint density at radius 3 is 2.05 bits per heavy atom. The van der Waals surface area contributed by atoms with Crippen LogP contribution in [0, 0.1) is 0 Å². The van der Waals surface area contributed by atoms with Crippen molar-refractivity contribution >= 4 is 17.6 Å². The Bertz CT molecular complexity index is 1250. The van der Waals surface area contributed by atoms with Gasteiger partial charge in [0.25, 0.3) is 5.91 Å². The van der Waals surface area contributed by atoms with Crippen LogP contribution in [-0.2, 0) is 35.4 Å². The van der Waals surface area contributed by atoms with Gasteiger partial charge in [0.15, 0.2) is 0 Å². The van der Waals surface area contributed by atoms with Crippen LogP contribution in [-0.4, -0.2) is 29.2 Å². The molecule has 0 fully saturated rings. The normalized spacial score (nSPS) is 13.1. The van der Waals surface area contributed by atoms with Gasteiger partial charge < -0.3 is 10.2 Å². The minimum absolute atomic E-state index is 0.125. The number of hydrogen-bond acceptors (Lipinski definition) is 4.